The number of phenolic OH excluding ortho intramolecular Hbond substituents is 1. The van der Waals surface area contributed by atoms with Gasteiger partial charge in [0, 0.05) is 13.0 Å². The summed E-state index contributed by atoms with van der Waals surface area (Å²) >= 11 is 1.59. The molecule has 5 heteroatoms. The third kappa shape index (κ3) is 2.77. The van der Waals surface area contributed by atoms with Crippen molar-refractivity contribution in [3.63, 3.8) is 0 Å². The van der Waals surface area contributed by atoms with Crippen LogP contribution in [-0.4, -0.2) is 22.4 Å². The molecule has 0 aliphatic heterocycles. The van der Waals surface area contributed by atoms with E-state index in [2.05, 4.69) is 15.5 Å². The van der Waals surface area contributed by atoms with Crippen molar-refractivity contribution < 1.29 is 5.11 Å². The van der Waals surface area contributed by atoms with E-state index in [0.29, 0.717) is 0 Å². The van der Waals surface area contributed by atoms with Crippen molar-refractivity contribution in [3.8, 4) is 5.75 Å². The third-order valence-electron chi connectivity index (χ3n) is 2.10. The number of aromatic hydroxyl groups is 1. The molecule has 84 valence electrons. The Labute approximate surface area is 98.0 Å². The SMILES string of the molecule is CNCc1nnc(Cc2cccc(O)c2)s1. The maximum Gasteiger partial charge on any atom is 0.131 e. The lowest BCUT2D eigenvalue weighted by atomic mass is 10.1. The first-order valence-electron chi connectivity index (χ1n) is 5.01. The van der Waals surface area contributed by atoms with Crippen LogP contribution in [0.3, 0.4) is 0 Å². The Bertz CT molecular complexity index is 470. The number of benzene rings is 1. The van der Waals surface area contributed by atoms with E-state index < -0.39 is 0 Å². The molecule has 0 spiro atoms. The summed E-state index contributed by atoms with van der Waals surface area (Å²) in [5.41, 5.74) is 1.05. The highest BCUT2D eigenvalue weighted by atomic mass is 32.1. The van der Waals surface area contributed by atoms with Crippen molar-refractivity contribution >= 4 is 11.3 Å². The highest BCUT2D eigenvalue weighted by Gasteiger charge is 2.04. The first kappa shape index (κ1) is 11.0. The molecule has 0 bridgehead atoms. The van der Waals surface area contributed by atoms with Gasteiger partial charge in [0.15, 0.2) is 0 Å². The van der Waals surface area contributed by atoms with E-state index >= 15 is 0 Å². The van der Waals surface area contributed by atoms with Gasteiger partial charge in [-0.25, -0.2) is 0 Å². The minimum Gasteiger partial charge on any atom is -0.508 e. The van der Waals surface area contributed by atoms with Gasteiger partial charge < -0.3 is 10.4 Å². The van der Waals surface area contributed by atoms with Gasteiger partial charge in [0.05, 0.1) is 0 Å². The highest BCUT2D eigenvalue weighted by Crippen LogP contribution is 2.17. The molecule has 4 nitrogen and oxygen atoms in total. The zero-order chi connectivity index (χ0) is 11.4. The largest absolute Gasteiger partial charge is 0.508 e. The van der Waals surface area contributed by atoms with Crippen LogP contribution in [0.15, 0.2) is 24.3 Å². The Hall–Kier alpha value is -1.46. The minimum atomic E-state index is 0.289. The Morgan fingerprint density at radius 2 is 2.12 bits per heavy atom. The van der Waals surface area contributed by atoms with E-state index in [1.807, 2.05) is 19.2 Å². The van der Waals surface area contributed by atoms with E-state index in [4.69, 9.17) is 0 Å². The van der Waals surface area contributed by atoms with E-state index in [0.717, 1.165) is 28.5 Å². The van der Waals surface area contributed by atoms with E-state index in [-0.39, 0.29) is 5.75 Å². The second-order valence-electron chi connectivity index (χ2n) is 3.47. The lowest BCUT2D eigenvalue weighted by molar-refractivity contribution is 0.474. The summed E-state index contributed by atoms with van der Waals surface area (Å²) in [6.07, 6.45) is 0.718. The molecule has 2 N–H and O–H groups in total. The molecule has 0 fully saturated rings. The molecule has 0 saturated heterocycles. The number of aromatic nitrogens is 2. The summed E-state index contributed by atoms with van der Waals surface area (Å²) in [7, 11) is 1.89. The fourth-order valence-electron chi connectivity index (χ4n) is 1.42. The summed E-state index contributed by atoms with van der Waals surface area (Å²) in [6, 6.07) is 7.22. The second kappa shape index (κ2) is 5.05. The summed E-state index contributed by atoms with van der Waals surface area (Å²) in [5, 5.41) is 22.5. The van der Waals surface area contributed by atoms with Crippen LogP contribution >= 0.6 is 11.3 Å². The van der Waals surface area contributed by atoms with Crippen molar-refractivity contribution in [2.45, 2.75) is 13.0 Å². The quantitative estimate of drug-likeness (QED) is 0.844. The molecule has 1 aromatic carbocycles. The van der Waals surface area contributed by atoms with Crippen LogP contribution in [0.5, 0.6) is 5.75 Å². The Morgan fingerprint density at radius 3 is 2.88 bits per heavy atom. The second-order valence-corrected chi connectivity index (χ2v) is 4.61. The molecule has 0 aliphatic carbocycles. The van der Waals surface area contributed by atoms with Crippen LogP contribution in [0, 0.1) is 0 Å². The minimum absolute atomic E-state index is 0.289. The van der Waals surface area contributed by atoms with Gasteiger partial charge in [-0.3, -0.25) is 0 Å². The molecule has 0 amide bonds. The fraction of sp³-hybridized carbons (Fsp3) is 0.273. The third-order valence-corrected chi connectivity index (χ3v) is 3.03. The van der Waals surface area contributed by atoms with E-state index in [1.165, 1.54) is 0 Å². The number of nitrogens with zero attached hydrogens (tertiary/aromatic N) is 2. The molecule has 0 saturated carbocycles. The van der Waals surface area contributed by atoms with Gasteiger partial charge in [0.2, 0.25) is 0 Å². The van der Waals surface area contributed by atoms with Gasteiger partial charge in [-0.1, -0.05) is 23.5 Å². The maximum atomic E-state index is 9.34. The average Bonchev–Trinajstić information content (AvgIpc) is 2.66. The van der Waals surface area contributed by atoms with Crippen LogP contribution in [0.4, 0.5) is 0 Å². The topological polar surface area (TPSA) is 58.0 Å². The van der Waals surface area contributed by atoms with Gasteiger partial charge in [-0.15, -0.1) is 10.2 Å². The number of hydrogen-bond acceptors (Lipinski definition) is 5. The highest BCUT2D eigenvalue weighted by molar-refractivity contribution is 7.11. The van der Waals surface area contributed by atoms with Gasteiger partial charge >= 0.3 is 0 Å². The molecule has 1 heterocycles. The summed E-state index contributed by atoms with van der Waals surface area (Å²) in [6.45, 7) is 0.748. The van der Waals surface area contributed by atoms with Gasteiger partial charge in [-0.2, -0.15) is 0 Å². The van der Waals surface area contributed by atoms with Crippen molar-refractivity contribution in [1.82, 2.24) is 15.5 Å². The zero-order valence-electron chi connectivity index (χ0n) is 8.97. The normalized spacial score (nSPS) is 10.6. The van der Waals surface area contributed by atoms with E-state index in [9.17, 15) is 5.11 Å². The van der Waals surface area contributed by atoms with Crippen LogP contribution in [0.2, 0.25) is 0 Å². The smallest absolute Gasteiger partial charge is 0.131 e. The van der Waals surface area contributed by atoms with Crippen molar-refractivity contribution in [2.75, 3.05) is 7.05 Å². The van der Waals surface area contributed by atoms with Crippen LogP contribution in [-0.2, 0) is 13.0 Å². The van der Waals surface area contributed by atoms with Gasteiger partial charge in [-0.05, 0) is 24.7 Å². The molecule has 1 aromatic heterocycles. The molecule has 2 rings (SSSR count). The number of rotatable bonds is 4. The lowest BCUT2D eigenvalue weighted by Crippen LogP contribution is -2.04. The summed E-state index contributed by atoms with van der Waals surface area (Å²) in [5.74, 6) is 0.289. The fourth-order valence-corrected chi connectivity index (χ4v) is 2.31. The van der Waals surface area contributed by atoms with E-state index in [1.54, 1.807) is 23.5 Å². The molecule has 0 radical (unpaired) electrons. The maximum absolute atomic E-state index is 9.34. The summed E-state index contributed by atoms with van der Waals surface area (Å²) < 4.78 is 0. The Balaban J connectivity index is 2.08. The Kier molecular flexibility index (Phi) is 3.48. The molecule has 2 aromatic rings. The van der Waals surface area contributed by atoms with Crippen molar-refractivity contribution in [3.05, 3.63) is 39.8 Å². The molecule has 0 atom stereocenters. The standard InChI is InChI=1S/C11H13N3OS/c1-12-7-11-14-13-10(16-11)6-8-3-2-4-9(15)5-8/h2-5,12,15H,6-7H2,1H3. The van der Waals surface area contributed by atoms with Gasteiger partial charge in [0.1, 0.15) is 15.8 Å². The Morgan fingerprint density at radius 1 is 1.31 bits per heavy atom. The van der Waals surface area contributed by atoms with Crippen molar-refractivity contribution in [2.24, 2.45) is 0 Å². The van der Waals surface area contributed by atoms with Crippen LogP contribution < -0.4 is 5.32 Å². The molecule has 0 aliphatic rings. The molecule has 0 unspecified atom stereocenters. The van der Waals surface area contributed by atoms with Crippen LogP contribution in [0.25, 0.3) is 0 Å². The monoisotopic (exact) mass is 235 g/mol. The molecule has 16 heavy (non-hydrogen) atoms. The average molecular weight is 235 g/mol. The number of hydrogen-bond donors (Lipinski definition) is 2. The van der Waals surface area contributed by atoms with Gasteiger partial charge in [0.25, 0.3) is 0 Å². The molecular formula is C11H13N3OS. The van der Waals surface area contributed by atoms with Crippen molar-refractivity contribution in [1.29, 1.82) is 0 Å². The lowest BCUT2D eigenvalue weighted by Gasteiger charge is -1.97. The first-order valence-corrected chi connectivity index (χ1v) is 5.83. The number of phenols is 1. The zero-order valence-corrected chi connectivity index (χ0v) is 9.79. The number of nitrogens with one attached hydrogen (secondary N) is 1. The molecular weight excluding hydrogens is 222 g/mol. The summed E-state index contributed by atoms with van der Waals surface area (Å²) in [4.78, 5) is 0. The predicted molar refractivity (Wildman–Crippen MR) is 63.6 cm³/mol. The van der Waals surface area contributed by atoms with Crippen LogP contribution in [0.1, 0.15) is 15.6 Å². The first-order chi connectivity index (χ1) is 7.78. The predicted octanol–water partition coefficient (Wildman–Crippen LogP) is 1.55.